The van der Waals surface area contributed by atoms with Gasteiger partial charge in [0.15, 0.2) is 0 Å². The molecule has 0 bridgehead atoms. The fourth-order valence-corrected chi connectivity index (χ4v) is 1.73. The first kappa shape index (κ1) is 9.98. The summed E-state index contributed by atoms with van der Waals surface area (Å²) >= 11 is 0. The third-order valence-electron chi connectivity index (χ3n) is 2.40. The van der Waals surface area contributed by atoms with E-state index in [-0.39, 0.29) is 11.7 Å². The van der Waals surface area contributed by atoms with Gasteiger partial charge in [-0.15, -0.1) is 0 Å². The van der Waals surface area contributed by atoms with E-state index in [1.807, 2.05) is 32.0 Å². The highest BCUT2D eigenvalue weighted by molar-refractivity contribution is 5.75. The third-order valence-corrected chi connectivity index (χ3v) is 2.40. The number of imidazole rings is 1. The van der Waals surface area contributed by atoms with Gasteiger partial charge in [0.05, 0.1) is 11.0 Å². The number of aryl methyl sites for hydroxylation is 1. The van der Waals surface area contributed by atoms with Gasteiger partial charge in [-0.05, 0) is 31.5 Å². The molecule has 4 heteroatoms. The van der Waals surface area contributed by atoms with E-state index in [0.717, 1.165) is 16.6 Å². The molecule has 1 unspecified atom stereocenters. The van der Waals surface area contributed by atoms with E-state index >= 15 is 0 Å². The van der Waals surface area contributed by atoms with Crippen molar-refractivity contribution in [2.45, 2.75) is 26.4 Å². The summed E-state index contributed by atoms with van der Waals surface area (Å²) in [6.07, 6.45) is 0. The average Bonchev–Trinajstić information content (AvgIpc) is 2.43. The first-order valence-corrected chi connectivity index (χ1v) is 5.02. The second-order valence-corrected chi connectivity index (χ2v) is 4.04. The van der Waals surface area contributed by atoms with Crippen LogP contribution >= 0.6 is 0 Å². The monoisotopic (exact) mass is 205 g/mol. The number of rotatable bonds is 2. The molecular weight excluding hydrogens is 190 g/mol. The van der Waals surface area contributed by atoms with Gasteiger partial charge in [0.2, 0.25) is 0 Å². The van der Waals surface area contributed by atoms with Crippen molar-refractivity contribution in [3.05, 3.63) is 34.2 Å². The molecule has 0 aliphatic heterocycles. The van der Waals surface area contributed by atoms with E-state index in [2.05, 4.69) is 4.98 Å². The molecule has 1 heterocycles. The quantitative estimate of drug-likeness (QED) is 0.767. The van der Waals surface area contributed by atoms with E-state index in [4.69, 9.17) is 5.73 Å². The third kappa shape index (κ3) is 1.80. The zero-order chi connectivity index (χ0) is 11.0. The number of fused-ring (bicyclic) bond motifs is 1. The molecule has 15 heavy (non-hydrogen) atoms. The topological polar surface area (TPSA) is 63.8 Å². The Hall–Kier alpha value is -1.55. The van der Waals surface area contributed by atoms with E-state index < -0.39 is 0 Å². The van der Waals surface area contributed by atoms with E-state index in [0.29, 0.717) is 6.54 Å². The molecule has 0 saturated carbocycles. The Labute approximate surface area is 87.7 Å². The molecule has 4 nitrogen and oxygen atoms in total. The van der Waals surface area contributed by atoms with Crippen LogP contribution in [-0.4, -0.2) is 15.6 Å². The van der Waals surface area contributed by atoms with Gasteiger partial charge in [-0.1, -0.05) is 6.07 Å². The van der Waals surface area contributed by atoms with Crippen LogP contribution < -0.4 is 11.4 Å². The zero-order valence-electron chi connectivity index (χ0n) is 8.95. The van der Waals surface area contributed by atoms with Crippen LogP contribution in [0.5, 0.6) is 0 Å². The van der Waals surface area contributed by atoms with E-state index in [1.165, 1.54) is 0 Å². The van der Waals surface area contributed by atoms with E-state index in [9.17, 15) is 4.79 Å². The molecule has 1 aromatic carbocycles. The lowest BCUT2D eigenvalue weighted by molar-refractivity contribution is 0.588. The molecule has 1 atom stereocenters. The van der Waals surface area contributed by atoms with Gasteiger partial charge >= 0.3 is 5.69 Å². The van der Waals surface area contributed by atoms with Crippen LogP contribution in [-0.2, 0) is 6.54 Å². The summed E-state index contributed by atoms with van der Waals surface area (Å²) in [6, 6.07) is 5.87. The molecular formula is C11H15N3O. The summed E-state index contributed by atoms with van der Waals surface area (Å²) < 4.78 is 1.69. The maximum atomic E-state index is 11.6. The average molecular weight is 205 g/mol. The molecule has 80 valence electrons. The second-order valence-electron chi connectivity index (χ2n) is 4.04. The predicted octanol–water partition coefficient (Wildman–Crippen LogP) is 0.985. The summed E-state index contributed by atoms with van der Waals surface area (Å²) in [4.78, 5) is 14.4. The van der Waals surface area contributed by atoms with Crippen LogP contribution in [0.25, 0.3) is 11.0 Å². The highest BCUT2D eigenvalue weighted by Gasteiger charge is 2.07. The predicted molar refractivity (Wildman–Crippen MR) is 60.9 cm³/mol. The number of benzene rings is 1. The van der Waals surface area contributed by atoms with Crippen LogP contribution in [0.1, 0.15) is 12.5 Å². The van der Waals surface area contributed by atoms with Gasteiger partial charge in [-0.25, -0.2) is 4.79 Å². The van der Waals surface area contributed by atoms with Crippen LogP contribution in [0.3, 0.4) is 0 Å². The molecule has 3 N–H and O–H groups in total. The maximum absolute atomic E-state index is 11.6. The van der Waals surface area contributed by atoms with Gasteiger partial charge in [0.1, 0.15) is 0 Å². The normalized spacial score (nSPS) is 13.3. The molecule has 2 rings (SSSR count). The molecule has 0 saturated heterocycles. The second kappa shape index (κ2) is 3.55. The van der Waals surface area contributed by atoms with Crippen LogP contribution in [0.4, 0.5) is 0 Å². The largest absolute Gasteiger partial charge is 0.326 e. The highest BCUT2D eigenvalue weighted by Crippen LogP contribution is 2.12. The lowest BCUT2D eigenvalue weighted by Crippen LogP contribution is -2.28. The summed E-state index contributed by atoms with van der Waals surface area (Å²) in [7, 11) is 0. The van der Waals surface area contributed by atoms with Crippen molar-refractivity contribution in [3.63, 3.8) is 0 Å². The summed E-state index contributed by atoms with van der Waals surface area (Å²) in [5.74, 6) is 0. The van der Waals surface area contributed by atoms with Crippen LogP contribution in [0.2, 0.25) is 0 Å². The molecule has 2 aromatic rings. The highest BCUT2D eigenvalue weighted by atomic mass is 16.1. The Balaban J connectivity index is 2.65. The van der Waals surface area contributed by atoms with Gasteiger partial charge in [-0.2, -0.15) is 0 Å². The fourth-order valence-electron chi connectivity index (χ4n) is 1.73. The number of aromatic amines is 1. The molecule has 0 aliphatic rings. The lowest BCUT2D eigenvalue weighted by atomic mass is 10.2. The van der Waals surface area contributed by atoms with Crippen molar-refractivity contribution in [3.8, 4) is 0 Å². The smallest absolute Gasteiger partial charge is 0.326 e. The molecule has 1 aromatic heterocycles. The number of nitrogens with one attached hydrogen (secondary N) is 1. The van der Waals surface area contributed by atoms with Crippen molar-refractivity contribution in [1.29, 1.82) is 0 Å². The van der Waals surface area contributed by atoms with Gasteiger partial charge < -0.3 is 10.7 Å². The number of hydrogen-bond donors (Lipinski definition) is 2. The minimum absolute atomic E-state index is 0.0257. The Morgan fingerprint density at radius 1 is 1.53 bits per heavy atom. The summed E-state index contributed by atoms with van der Waals surface area (Å²) in [5, 5.41) is 0. The molecule has 0 aliphatic carbocycles. The lowest BCUT2D eigenvalue weighted by Gasteiger charge is -2.06. The van der Waals surface area contributed by atoms with Crippen molar-refractivity contribution < 1.29 is 0 Å². The van der Waals surface area contributed by atoms with Crippen LogP contribution in [0.15, 0.2) is 23.0 Å². The number of aromatic nitrogens is 2. The number of H-pyrrole nitrogens is 1. The molecule has 0 spiro atoms. The van der Waals surface area contributed by atoms with Gasteiger partial charge in [-0.3, -0.25) is 4.57 Å². The van der Waals surface area contributed by atoms with Crippen molar-refractivity contribution in [1.82, 2.24) is 9.55 Å². The SMILES string of the molecule is Cc1ccc2[nH]c(=O)n(CC(C)N)c2c1. The van der Waals surface area contributed by atoms with Crippen LogP contribution in [0, 0.1) is 6.92 Å². The fraction of sp³-hybridized carbons (Fsp3) is 0.364. The standard InChI is InChI=1S/C11H15N3O/c1-7-3-4-9-10(5-7)14(6-8(2)12)11(15)13-9/h3-5,8H,6,12H2,1-2H3,(H,13,15). The Bertz CT molecular complexity index is 536. The molecule has 0 amide bonds. The minimum atomic E-state index is -0.0899. The number of nitrogens with two attached hydrogens (primary N) is 1. The van der Waals surface area contributed by atoms with Gasteiger partial charge in [0.25, 0.3) is 0 Å². The first-order chi connectivity index (χ1) is 7.08. The minimum Gasteiger partial charge on any atom is -0.326 e. The summed E-state index contributed by atoms with van der Waals surface area (Å²) in [5.41, 5.74) is 8.55. The Morgan fingerprint density at radius 2 is 2.27 bits per heavy atom. The van der Waals surface area contributed by atoms with Gasteiger partial charge in [0, 0.05) is 12.6 Å². The van der Waals surface area contributed by atoms with Crippen molar-refractivity contribution >= 4 is 11.0 Å². The van der Waals surface area contributed by atoms with E-state index in [1.54, 1.807) is 4.57 Å². The number of nitrogens with zero attached hydrogens (tertiary/aromatic N) is 1. The zero-order valence-corrected chi connectivity index (χ0v) is 8.95. The summed E-state index contributed by atoms with van der Waals surface area (Å²) in [6.45, 7) is 4.44. The molecule has 0 radical (unpaired) electrons. The first-order valence-electron chi connectivity index (χ1n) is 5.02. The maximum Gasteiger partial charge on any atom is 0.326 e. The van der Waals surface area contributed by atoms with Crippen molar-refractivity contribution in [2.24, 2.45) is 5.73 Å². The number of hydrogen-bond acceptors (Lipinski definition) is 2. The Morgan fingerprint density at radius 3 is 2.93 bits per heavy atom. The Kier molecular flexibility index (Phi) is 2.36. The molecule has 0 fully saturated rings. The van der Waals surface area contributed by atoms with Crippen molar-refractivity contribution in [2.75, 3.05) is 0 Å².